The fraction of sp³-hybridized carbons (Fsp3) is 0.556. The van der Waals surface area contributed by atoms with Crippen molar-refractivity contribution < 1.29 is 19.2 Å². The molecule has 5 nitrogen and oxygen atoms in total. The summed E-state index contributed by atoms with van der Waals surface area (Å²) in [5.41, 5.74) is 0. The van der Waals surface area contributed by atoms with Gasteiger partial charge >= 0.3 is 5.97 Å². The molecule has 1 rings (SSSR count). The van der Waals surface area contributed by atoms with Gasteiger partial charge in [-0.15, -0.1) is 0 Å². The third kappa shape index (κ3) is 2.04. The molecule has 0 bridgehead atoms. The van der Waals surface area contributed by atoms with Gasteiger partial charge in [0.2, 0.25) is 0 Å². The number of nitrogens with zero attached hydrogens (tertiary/aromatic N) is 1. The lowest BCUT2D eigenvalue weighted by atomic mass is 9.94. The first-order valence-electron chi connectivity index (χ1n) is 4.29. The third-order valence-corrected chi connectivity index (χ3v) is 1.96. The van der Waals surface area contributed by atoms with Crippen molar-refractivity contribution in [2.75, 3.05) is 7.11 Å². The number of hydrogen-bond donors (Lipinski definition) is 1. The lowest BCUT2D eigenvalue weighted by Gasteiger charge is -2.11. The predicted molar refractivity (Wildman–Crippen MR) is 48.3 cm³/mol. The van der Waals surface area contributed by atoms with Gasteiger partial charge in [-0.1, -0.05) is 13.8 Å². The summed E-state index contributed by atoms with van der Waals surface area (Å²) in [5, 5.41) is 12.5. The van der Waals surface area contributed by atoms with Crippen molar-refractivity contribution in [3.8, 4) is 5.88 Å². The Balaban J connectivity index is 2.93. The molecule has 0 aromatic carbocycles. The molecule has 0 unspecified atom stereocenters. The van der Waals surface area contributed by atoms with E-state index in [1.165, 1.54) is 13.2 Å². The second-order valence-corrected chi connectivity index (χ2v) is 3.33. The van der Waals surface area contributed by atoms with E-state index < -0.39 is 11.9 Å². The first kappa shape index (κ1) is 10.6. The van der Waals surface area contributed by atoms with Gasteiger partial charge in [0.15, 0.2) is 5.76 Å². The quantitative estimate of drug-likeness (QED) is 0.795. The smallest absolute Gasteiger partial charge is 0.314 e. The van der Waals surface area contributed by atoms with Crippen molar-refractivity contribution in [3.63, 3.8) is 0 Å². The molecule has 1 aromatic heterocycles. The summed E-state index contributed by atoms with van der Waals surface area (Å²) in [4.78, 5) is 10.9. The van der Waals surface area contributed by atoms with Crippen LogP contribution in [0, 0.1) is 5.92 Å². The Morgan fingerprint density at radius 3 is 2.64 bits per heavy atom. The molecule has 0 aliphatic rings. The molecule has 0 spiro atoms. The summed E-state index contributed by atoms with van der Waals surface area (Å²) in [6.07, 6.45) is 0. The SMILES string of the molecule is COc1cc([C@H](C(=O)O)C(C)C)on1. The fourth-order valence-electron chi connectivity index (χ4n) is 1.25. The van der Waals surface area contributed by atoms with Crippen molar-refractivity contribution in [2.24, 2.45) is 5.92 Å². The molecule has 0 aliphatic carbocycles. The van der Waals surface area contributed by atoms with Crippen molar-refractivity contribution in [3.05, 3.63) is 11.8 Å². The van der Waals surface area contributed by atoms with Gasteiger partial charge in [-0.3, -0.25) is 4.79 Å². The Hall–Kier alpha value is -1.52. The van der Waals surface area contributed by atoms with Crippen LogP contribution >= 0.6 is 0 Å². The van der Waals surface area contributed by atoms with E-state index >= 15 is 0 Å². The Labute approximate surface area is 81.7 Å². The second kappa shape index (κ2) is 4.13. The zero-order chi connectivity index (χ0) is 10.7. The fourth-order valence-corrected chi connectivity index (χ4v) is 1.25. The first-order valence-corrected chi connectivity index (χ1v) is 4.29. The minimum Gasteiger partial charge on any atom is -0.481 e. The van der Waals surface area contributed by atoms with Gasteiger partial charge < -0.3 is 14.4 Å². The van der Waals surface area contributed by atoms with Crippen LogP contribution < -0.4 is 4.74 Å². The van der Waals surface area contributed by atoms with Crippen molar-refractivity contribution in [2.45, 2.75) is 19.8 Å². The average molecular weight is 199 g/mol. The van der Waals surface area contributed by atoms with Gasteiger partial charge in [-0.25, -0.2) is 0 Å². The van der Waals surface area contributed by atoms with E-state index in [4.69, 9.17) is 14.4 Å². The largest absolute Gasteiger partial charge is 0.481 e. The zero-order valence-corrected chi connectivity index (χ0v) is 8.35. The van der Waals surface area contributed by atoms with Crippen LogP contribution in [0.1, 0.15) is 25.5 Å². The third-order valence-electron chi connectivity index (χ3n) is 1.96. The maximum Gasteiger partial charge on any atom is 0.314 e. The molecule has 0 amide bonds. The highest BCUT2D eigenvalue weighted by Crippen LogP contribution is 2.27. The highest BCUT2D eigenvalue weighted by atomic mass is 16.5. The lowest BCUT2D eigenvalue weighted by Crippen LogP contribution is -2.16. The molecule has 0 saturated carbocycles. The molecule has 1 N–H and O–H groups in total. The highest BCUT2D eigenvalue weighted by molar-refractivity contribution is 5.75. The molecule has 0 radical (unpaired) electrons. The summed E-state index contributed by atoms with van der Waals surface area (Å²) >= 11 is 0. The highest BCUT2D eigenvalue weighted by Gasteiger charge is 2.28. The van der Waals surface area contributed by atoms with Crippen LogP contribution in [0.2, 0.25) is 0 Å². The van der Waals surface area contributed by atoms with Gasteiger partial charge in [-0.05, 0) is 11.1 Å². The molecule has 5 heteroatoms. The van der Waals surface area contributed by atoms with Crippen molar-refractivity contribution in [1.82, 2.24) is 5.16 Å². The van der Waals surface area contributed by atoms with Crippen LogP contribution in [0.25, 0.3) is 0 Å². The summed E-state index contributed by atoms with van der Waals surface area (Å²) in [6.45, 7) is 3.63. The summed E-state index contributed by atoms with van der Waals surface area (Å²) in [6, 6.07) is 1.50. The second-order valence-electron chi connectivity index (χ2n) is 3.33. The Bertz CT molecular complexity index is 318. The molecule has 78 valence electrons. The van der Waals surface area contributed by atoms with Crippen molar-refractivity contribution in [1.29, 1.82) is 0 Å². The monoisotopic (exact) mass is 199 g/mol. The molecule has 0 saturated heterocycles. The molecule has 0 aliphatic heterocycles. The minimum atomic E-state index is -0.918. The van der Waals surface area contributed by atoms with Gasteiger partial charge in [-0.2, -0.15) is 0 Å². The zero-order valence-electron chi connectivity index (χ0n) is 8.35. The van der Waals surface area contributed by atoms with Gasteiger partial charge in [0, 0.05) is 6.07 Å². The number of ether oxygens (including phenoxy) is 1. The van der Waals surface area contributed by atoms with Crippen molar-refractivity contribution >= 4 is 5.97 Å². The number of carbonyl (C=O) groups is 1. The molecule has 1 heterocycles. The van der Waals surface area contributed by atoms with Crippen LogP contribution in [0.15, 0.2) is 10.6 Å². The van der Waals surface area contributed by atoms with E-state index in [0.29, 0.717) is 11.6 Å². The van der Waals surface area contributed by atoms with Crippen LogP contribution in [0.5, 0.6) is 5.88 Å². The van der Waals surface area contributed by atoms with Gasteiger partial charge in [0.1, 0.15) is 5.92 Å². The van der Waals surface area contributed by atoms with E-state index in [2.05, 4.69) is 5.16 Å². The molecular formula is C9H13NO4. The lowest BCUT2D eigenvalue weighted by molar-refractivity contribution is -0.140. The maximum absolute atomic E-state index is 10.9. The number of hydrogen-bond acceptors (Lipinski definition) is 4. The number of methoxy groups -OCH3 is 1. The maximum atomic E-state index is 10.9. The molecule has 1 aromatic rings. The summed E-state index contributed by atoms with van der Waals surface area (Å²) in [7, 11) is 1.45. The molecular weight excluding hydrogens is 186 g/mol. The van der Waals surface area contributed by atoms with E-state index in [9.17, 15) is 4.79 Å². The van der Waals surface area contributed by atoms with Crippen LogP contribution in [0.4, 0.5) is 0 Å². The van der Waals surface area contributed by atoms with Crippen LogP contribution in [-0.4, -0.2) is 23.3 Å². The molecule has 0 fully saturated rings. The Morgan fingerprint density at radius 1 is 1.64 bits per heavy atom. The molecule has 14 heavy (non-hydrogen) atoms. The number of aromatic nitrogens is 1. The Morgan fingerprint density at radius 2 is 2.29 bits per heavy atom. The normalized spacial score (nSPS) is 12.9. The minimum absolute atomic E-state index is 0.0508. The molecule has 1 atom stereocenters. The predicted octanol–water partition coefficient (Wildman–Crippen LogP) is 1.51. The topological polar surface area (TPSA) is 72.6 Å². The van der Waals surface area contributed by atoms with E-state index in [0.717, 1.165) is 0 Å². The number of rotatable bonds is 4. The standard InChI is InChI=1S/C9H13NO4/c1-5(2)8(9(11)12)6-4-7(13-3)10-14-6/h4-5,8H,1-3H3,(H,11,12)/t8-/m1/s1. The summed E-state index contributed by atoms with van der Waals surface area (Å²) in [5.74, 6) is -1.02. The van der Waals surface area contributed by atoms with Crippen LogP contribution in [-0.2, 0) is 4.79 Å². The summed E-state index contributed by atoms with van der Waals surface area (Å²) < 4.78 is 9.69. The van der Waals surface area contributed by atoms with E-state index in [-0.39, 0.29) is 5.92 Å². The van der Waals surface area contributed by atoms with Crippen LogP contribution in [0.3, 0.4) is 0 Å². The Kier molecular flexibility index (Phi) is 3.11. The van der Waals surface area contributed by atoms with Gasteiger partial charge in [0.25, 0.3) is 5.88 Å². The number of carboxylic acid groups (broad SMARTS) is 1. The first-order chi connectivity index (χ1) is 6.56. The van der Waals surface area contributed by atoms with E-state index in [1.54, 1.807) is 0 Å². The van der Waals surface area contributed by atoms with E-state index in [1.807, 2.05) is 13.8 Å². The number of aliphatic carboxylic acids is 1. The van der Waals surface area contributed by atoms with Gasteiger partial charge in [0.05, 0.1) is 7.11 Å². The number of carboxylic acids is 1. The average Bonchev–Trinajstić information content (AvgIpc) is 2.51.